The summed E-state index contributed by atoms with van der Waals surface area (Å²) < 4.78 is 6.40. The van der Waals surface area contributed by atoms with Gasteiger partial charge in [0.05, 0.1) is 12.8 Å². The molecule has 126 valence electrons. The van der Waals surface area contributed by atoms with E-state index in [2.05, 4.69) is 10.4 Å². The Morgan fingerprint density at radius 1 is 1.35 bits per heavy atom. The quantitative estimate of drug-likeness (QED) is 0.827. The van der Waals surface area contributed by atoms with Crippen LogP contribution in [0.15, 0.2) is 6.20 Å². The van der Waals surface area contributed by atoms with Crippen molar-refractivity contribution in [3.8, 4) is 0 Å². The lowest BCUT2D eigenvalue weighted by Gasteiger charge is -2.30. The van der Waals surface area contributed by atoms with Gasteiger partial charge in [-0.05, 0) is 19.8 Å². The summed E-state index contributed by atoms with van der Waals surface area (Å²) in [7, 11) is 1.65. The predicted octanol–water partition coefficient (Wildman–Crippen LogP) is 0.794. The van der Waals surface area contributed by atoms with Gasteiger partial charge in [-0.15, -0.1) is 0 Å². The predicted molar refractivity (Wildman–Crippen MR) is 82.8 cm³/mol. The van der Waals surface area contributed by atoms with Crippen molar-refractivity contribution in [3.05, 3.63) is 11.8 Å². The minimum absolute atomic E-state index is 0.0279. The van der Waals surface area contributed by atoms with Crippen LogP contribution in [0.25, 0.3) is 0 Å². The lowest BCUT2D eigenvalue weighted by atomic mass is 9.96. The van der Waals surface area contributed by atoms with Crippen molar-refractivity contribution in [2.45, 2.75) is 26.7 Å². The Balaban J connectivity index is 2.02. The molecule has 0 radical (unpaired) electrons. The highest BCUT2D eigenvalue weighted by Crippen LogP contribution is 2.21. The average Bonchev–Trinajstić information content (AvgIpc) is 2.88. The van der Waals surface area contributed by atoms with E-state index >= 15 is 0 Å². The zero-order chi connectivity index (χ0) is 17.0. The van der Waals surface area contributed by atoms with Crippen LogP contribution in [-0.2, 0) is 21.4 Å². The largest absolute Gasteiger partial charge is 0.462 e. The molecule has 1 N–H and O–H groups in total. The van der Waals surface area contributed by atoms with Gasteiger partial charge in [0.15, 0.2) is 0 Å². The molecule has 0 aromatic carbocycles. The number of likely N-dealkylation sites (tertiary alicyclic amines) is 1. The summed E-state index contributed by atoms with van der Waals surface area (Å²) in [6, 6.07) is 0. The second-order valence-corrected chi connectivity index (χ2v) is 5.52. The molecule has 0 bridgehead atoms. The Kier molecular flexibility index (Phi) is 5.36. The standard InChI is InChI=1S/C15H22N4O4/c1-4-23-15(22)12-9-16-18(3)13(12)17-14(21)11-5-7-19(8-6-11)10(2)20/h9,11H,4-8H2,1-3H3,(H,17,21). The van der Waals surface area contributed by atoms with Crippen molar-refractivity contribution in [1.82, 2.24) is 14.7 Å². The number of anilines is 1. The van der Waals surface area contributed by atoms with Crippen molar-refractivity contribution in [1.29, 1.82) is 0 Å². The zero-order valence-electron chi connectivity index (χ0n) is 13.7. The fourth-order valence-corrected chi connectivity index (χ4v) is 2.62. The van der Waals surface area contributed by atoms with Gasteiger partial charge < -0.3 is 15.0 Å². The molecule has 0 atom stereocenters. The SMILES string of the molecule is CCOC(=O)c1cnn(C)c1NC(=O)C1CCN(C(C)=O)CC1. The van der Waals surface area contributed by atoms with Crippen LogP contribution < -0.4 is 5.32 Å². The molecule has 0 unspecified atom stereocenters. The molecule has 1 aliphatic rings. The van der Waals surface area contributed by atoms with Gasteiger partial charge in [0.1, 0.15) is 11.4 Å². The van der Waals surface area contributed by atoms with Crippen LogP contribution in [0.3, 0.4) is 0 Å². The van der Waals surface area contributed by atoms with Gasteiger partial charge in [-0.2, -0.15) is 5.10 Å². The van der Waals surface area contributed by atoms with E-state index in [0.29, 0.717) is 31.7 Å². The number of amides is 2. The Bertz CT molecular complexity index is 603. The van der Waals surface area contributed by atoms with E-state index in [9.17, 15) is 14.4 Å². The maximum atomic E-state index is 12.4. The first-order valence-electron chi connectivity index (χ1n) is 7.69. The van der Waals surface area contributed by atoms with Crippen molar-refractivity contribution in [2.75, 3.05) is 25.0 Å². The molecule has 0 saturated carbocycles. The third kappa shape index (κ3) is 3.88. The van der Waals surface area contributed by atoms with Gasteiger partial charge in [0.25, 0.3) is 0 Å². The third-order valence-corrected chi connectivity index (χ3v) is 3.99. The van der Waals surface area contributed by atoms with E-state index < -0.39 is 5.97 Å². The summed E-state index contributed by atoms with van der Waals surface area (Å²) in [6.45, 7) is 4.65. The fourth-order valence-electron chi connectivity index (χ4n) is 2.62. The van der Waals surface area contributed by atoms with Crippen LogP contribution in [-0.4, -0.2) is 52.2 Å². The number of carbonyl (C=O) groups is 3. The summed E-state index contributed by atoms with van der Waals surface area (Å²) in [5, 5.41) is 6.77. The molecule has 1 aliphatic heterocycles. The molecule has 1 aromatic heterocycles. The van der Waals surface area contributed by atoms with E-state index in [1.165, 1.54) is 17.8 Å². The molecule has 1 saturated heterocycles. The number of nitrogens with one attached hydrogen (secondary N) is 1. The topological polar surface area (TPSA) is 93.5 Å². The number of esters is 1. The van der Waals surface area contributed by atoms with Gasteiger partial charge in [-0.3, -0.25) is 14.3 Å². The van der Waals surface area contributed by atoms with Crippen LogP contribution >= 0.6 is 0 Å². The van der Waals surface area contributed by atoms with Crippen LogP contribution in [0, 0.1) is 5.92 Å². The summed E-state index contributed by atoms with van der Waals surface area (Å²) in [5.74, 6) is -0.497. The Morgan fingerprint density at radius 2 is 2.00 bits per heavy atom. The normalized spacial score (nSPS) is 15.3. The lowest BCUT2D eigenvalue weighted by Crippen LogP contribution is -2.40. The second kappa shape index (κ2) is 7.26. The van der Waals surface area contributed by atoms with Gasteiger partial charge in [0, 0.05) is 33.0 Å². The number of hydrogen-bond acceptors (Lipinski definition) is 5. The minimum atomic E-state index is -0.512. The highest BCUT2D eigenvalue weighted by molar-refractivity contribution is 6.00. The monoisotopic (exact) mass is 322 g/mol. The van der Waals surface area contributed by atoms with E-state index in [0.717, 1.165) is 0 Å². The number of aryl methyl sites for hydroxylation is 1. The molecular formula is C15H22N4O4. The Hall–Kier alpha value is -2.38. The zero-order valence-corrected chi connectivity index (χ0v) is 13.7. The summed E-state index contributed by atoms with van der Waals surface area (Å²) in [6.07, 6.45) is 2.60. The molecule has 23 heavy (non-hydrogen) atoms. The average molecular weight is 322 g/mol. The van der Waals surface area contributed by atoms with E-state index in [4.69, 9.17) is 4.74 Å². The maximum Gasteiger partial charge on any atom is 0.343 e. The third-order valence-electron chi connectivity index (χ3n) is 3.99. The number of rotatable bonds is 4. The van der Waals surface area contributed by atoms with E-state index in [-0.39, 0.29) is 29.9 Å². The molecule has 8 nitrogen and oxygen atoms in total. The minimum Gasteiger partial charge on any atom is -0.462 e. The molecule has 0 spiro atoms. The molecule has 2 rings (SSSR count). The van der Waals surface area contributed by atoms with Crippen LogP contribution in [0.5, 0.6) is 0 Å². The highest BCUT2D eigenvalue weighted by Gasteiger charge is 2.28. The van der Waals surface area contributed by atoms with Gasteiger partial charge >= 0.3 is 5.97 Å². The molecule has 1 fully saturated rings. The Labute approximate surface area is 134 Å². The molecule has 2 amide bonds. The smallest absolute Gasteiger partial charge is 0.343 e. The number of carbonyl (C=O) groups excluding carboxylic acids is 3. The maximum absolute atomic E-state index is 12.4. The summed E-state index contributed by atoms with van der Waals surface area (Å²) in [5.41, 5.74) is 0.240. The van der Waals surface area contributed by atoms with Crippen molar-refractivity contribution in [2.24, 2.45) is 13.0 Å². The van der Waals surface area contributed by atoms with Crippen LogP contribution in [0.2, 0.25) is 0 Å². The number of piperidine rings is 1. The fraction of sp³-hybridized carbons (Fsp3) is 0.600. The summed E-state index contributed by atoms with van der Waals surface area (Å²) >= 11 is 0. The number of aromatic nitrogens is 2. The van der Waals surface area contributed by atoms with E-state index in [1.54, 1.807) is 18.9 Å². The molecule has 8 heteroatoms. The van der Waals surface area contributed by atoms with Crippen LogP contribution in [0.1, 0.15) is 37.0 Å². The highest BCUT2D eigenvalue weighted by atomic mass is 16.5. The first-order valence-corrected chi connectivity index (χ1v) is 7.69. The van der Waals surface area contributed by atoms with Crippen molar-refractivity contribution >= 4 is 23.6 Å². The van der Waals surface area contributed by atoms with Gasteiger partial charge in [0.2, 0.25) is 11.8 Å². The number of ether oxygens (including phenoxy) is 1. The van der Waals surface area contributed by atoms with Crippen LogP contribution in [0.4, 0.5) is 5.82 Å². The molecular weight excluding hydrogens is 300 g/mol. The first kappa shape index (κ1) is 17.0. The number of nitrogens with zero attached hydrogens (tertiary/aromatic N) is 3. The Morgan fingerprint density at radius 3 is 2.57 bits per heavy atom. The molecule has 2 heterocycles. The summed E-state index contributed by atoms with van der Waals surface area (Å²) in [4.78, 5) is 37.4. The molecule has 0 aliphatic carbocycles. The van der Waals surface area contributed by atoms with Crippen molar-refractivity contribution < 1.29 is 19.1 Å². The van der Waals surface area contributed by atoms with Crippen molar-refractivity contribution in [3.63, 3.8) is 0 Å². The van der Waals surface area contributed by atoms with Gasteiger partial charge in [-0.25, -0.2) is 4.79 Å². The second-order valence-electron chi connectivity index (χ2n) is 5.52. The lowest BCUT2D eigenvalue weighted by molar-refractivity contribution is -0.132. The first-order chi connectivity index (χ1) is 10.9. The van der Waals surface area contributed by atoms with Gasteiger partial charge in [-0.1, -0.05) is 0 Å². The molecule has 1 aromatic rings. The number of hydrogen-bond donors (Lipinski definition) is 1. The van der Waals surface area contributed by atoms with E-state index in [1.807, 2.05) is 0 Å².